The van der Waals surface area contributed by atoms with E-state index in [1.807, 2.05) is 72.8 Å². The minimum absolute atomic E-state index is 0. The molecule has 0 unspecified atom stereocenters. The molecule has 0 aliphatic carbocycles. The van der Waals surface area contributed by atoms with Crippen LogP contribution in [0.25, 0.3) is 10.9 Å². The van der Waals surface area contributed by atoms with Crippen molar-refractivity contribution in [2.75, 3.05) is 0 Å². The Morgan fingerprint density at radius 2 is 0.971 bits per heavy atom. The third-order valence-corrected chi connectivity index (χ3v) is 6.00. The van der Waals surface area contributed by atoms with Crippen molar-refractivity contribution >= 4 is 34.7 Å². The highest BCUT2D eigenvalue weighted by atomic mass is 35.5. The lowest BCUT2D eigenvalue weighted by molar-refractivity contribution is 0.571. The van der Waals surface area contributed by atoms with E-state index >= 15 is 0 Å². The first kappa shape index (κ1) is 21.7. The quantitative estimate of drug-likeness (QED) is 0.289. The van der Waals surface area contributed by atoms with E-state index in [1.54, 1.807) is 0 Å². The van der Waals surface area contributed by atoms with Crippen LogP contribution in [0.1, 0.15) is 22.4 Å². The molecule has 4 aromatic carbocycles. The summed E-state index contributed by atoms with van der Waals surface area (Å²) in [5, 5.41) is 1.10. The first-order chi connectivity index (χ1) is 16.3. The van der Waals surface area contributed by atoms with Crippen LogP contribution in [-0.4, -0.2) is 16.4 Å². The number of para-hydroxylation sites is 1. The highest BCUT2D eigenvalue weighted by molar-refractivity contribution is 6.54. The standard InChI is InChI=1S/C30H21N3.ClH/c1-4-13-23(14-5-1)28-29(24-15-6-2-7-16-24)33-30(32-28,25-17-8-3-9-18-25)27-21-20-22-12-10-11-19-26(22)31-27;/h1-21H;1H. The Morgan fingerprint density at radius 3 is 1.56 bits per heavy atom. The van der Waals surface area contributed by atoms with E-state index in [9.17, 15) is 0 Å². The largest absolute Gasteiger partial charge is 0.248 e. The van der Waals surface area contributed by atoms with E-state index in [0.29, 0.717) is 0 Å². The van der Waals surface area contributed by atoms with Gasteiger partial charge < -0.3 is 0 Å². The summed E-state index contributed by atoms with van der Waals surface area (Å²) in [4.78, 5) is 15.7. The number of rotatable bonds is 4. The Hall–Kier alpha value is -4.08. The maximum absolute atomic E-state index is 5.35. The number of halogens is 1. The van der Waals surface area contributed by atoms with Crippen LogP contribution in [0.5, 0.6) is 0 Å². The van der Waals surface area contributed by atoms with Crippen LogP contribution in [0, 0.1) is 0 Å². The van der Waals surface area contributed by atoms with Gasteiger partial charge in [-0.3, -0.25) is 0 Å². The molecule has 2 heterocycles. The number of nitrogens with zero attached hydrogens (tertiary/aromatic N) is 3. The highest BCUT2D eigenvalue weighted by Gasteiger charge is 2.41. The number of hydrogen-bond donors (Lipinski definition) is 0. The van der Waals surface area contributed by atoms with Crippen LogP contribution in [0.4, 0.5) is 0 Å². The summed E-state index contributed by atoms with van der Waals surface area (Å²) >= 11 is 0. The summed E-state index contributed by atoms with van der Waals surface area (Å²) in [6.45, 7) is 0. The smallest absolute Gasteiger partial charge is 0.219 e. The number of hydrogen-bond acceptors (Lipinski definition) is 3. The average molecular weight is 460 g/mol. The zero-order valence-electron chi connectivity index (χ0n) is 18.4. The van der Waals surface area contributed by atoms with E-state index < -0.39 is 5.66 Å². The van der Waals surface area contributed by atoms with Crippen molar-refractivity contribution in [1.29, 1.82) is 0 Å². The molecule has 0 atom stereocenters. The maximum Gasteiger partial charge on any atom is 0.219 e. The zero-order valence-corrected chi connectivity index (χ0v) is 19.2. The Balaban J connectivity index is 0.00000241. The second-order valence-electron chi connectivity index (χ2n) is 8.08. The van der Waals surface area contributed by atoms with Crippen LogP contribution in [0.3, 0.4) is 0 Å². The second kappa shape index (κ2) is 9.05. The molecule has 0 N–H and O–H groups in total. The van der Waals surface area contributed by atoms with Gasteiger partial charge in [-0.25, -0.2) is 15.0 Å². The normalized spacial score (nSPS) is 14.2. The molecule has 4 heteroatoms. The Labute approximate surface area is 205 Å². The SMILES string of the molecule is Cl.c1ccc(C2=NC(c3ccccc3)(c3ccc4ccccc4n3)N=C2c2ccccc2)cc1. The fourth-order valence-corrected chi connectivity index (χ4v) is 4.37. The molecule has 0 bridgehead atoms. The molecule has 1 aliphatic heterocycles. The molecule has 0 radical (unpaired) electrons. The molecule has 5 aromatic rings. The van der Waals surface area contributed by atoms with Crippen molar-refractivity contribution in [1.82, 2.24) is 4.98 Å². The van der Waals surface area contributed by atoms with Crippen molar-refractivity contribution in [2.24, 2.45) is 9.98 Å². The fraction of sp³-hybridized carbons (Fsp3) is 0.0333. The summed E-state index contributed by atoms with van der Waals surface area (Å²) in [6.07, 6.45) is 0. The molecule has 1 aliphatic rings. The molecule has 1 aromatic heterocycles. The van der Waals surface area contributed by atoms with Gasteiger partial charge in [-0.05, 0) is 12.1 Å². The van der Waals surface area contributed by atoms with Gasteiger partial charge in [-0.15, -0.1) is 12.4 Å². The van der Waals surface area contributed by atoms with E-state index in [-0.39, 0.29) is 12.4 Å². The summed E-state index contributed by atoms with van der Waals surface area (Å²) in [5.41, 5.74) is 5.62. The number of pyridine rings is 1. The number of aliphatic imine (C=N–C) groups is 2. The van der Waals surface area contributed by atoms with E-state index in [0.717, 1.165) is 44.7 Å². The molecular weight excluding hydrogens is 438 g/mol. The Morgan fingerprint density at radius 1 is 0.471 bits per heavy atom. The van der Waals surface area contributed by atoms with Gasteiger partial charge in [0, 0.05) is 22.1 Å². The van der Waals surface area contributed by atoms with Gasteiger partial charge in [0.25, 0.3) is 0 Å². The van der Waals surface area contributed by atoms with Crippen molar-refractivity contribution < 1.29 is 0 Å². The fourth-order valence-electron chi connectivity index (χ4n) is 4.37. The van der Waals surface area contributed by atoms with Gasteiger partial charge in [0.15, 0.2) is 0 Å². The molecular formula is C30H22ClN3. The van der Waals surface area contributed by atoms with E-state index in [4.69, 9.17) is 15.0 Å². The predicted octanol–water partition coefficient (Wildman–Crippen LogP) is 6.85. The van der Waals surface area contributed by atoms with Crippen LogP contribution < -0.4 is 0 Å². The van der Waals surface area contributed by atoms with Gasteiger partial charge >= 0.3 is 0 Å². The van der Waals surface area contributed by atoms with Crippen LogP contribution >= 0.6 is 12.4 Å². The van der Waals surface area contributed by atoms with E-state index in [2.05, 4.69) is 54.6 Å². The predicted molar refractivity (Wildman–Crippen MR) is 142 cm³/mol. The first-order valence-electron chi connectivity index (χ1n) is 11.1. The van der Waals surface area contributed by atoms with Crippen LogP contribution in [-0.2, 0) is 5.66 Å². The molecule has 0 spiro atoms. The minimum atomic E-state index is -0.957. The van der Waals surface area contributed by atoms with Crippen LogP contribution in [0.2, 0.25) is 0 Å². The third kappa shape index (κ3) is 3.70. The number of fused-ring (bicyclic) bond motifs is 1. The molecule has 0 fully saturated rings. The summed E-state index contributed by atoms with van der Waals surface area (Å²) in [5.74, 6) is 0. The summed E-state index contributed by atoms with van der Waals surface area (Å²) < 4.78 is 0. The zero-order chi connectivity index (χ0) is 22.1. The lowest BCUT2D eigenvalue weighted by atomic mass is 9.96. The number of aromatic nitrogens is 1. The van der Waals surface area contributed by atoms with Crippen molar-refractivity contribution in [3.8, 4) is 0 Å². The van der Waals surface area contributed by atoms with E-state index in [1.165, 1.54) is 0 Å². The van der Waals surface area contributed by atoms with Gasteiger partial charge in [-0.1, -0.05) is 115 Å². The summed E-state index contributed by atoms with van der Waals surface area (Å²) in [6, 6.07) is 43.1. The molecule has 34 heavy (non-hydrogen) atoms. The van der Waals surface area contributed by atoms with Gasteiger partial charge in [-0.2, -0.15) is 0 Å². The Kier molecular flexibility index (Phi) is 5.79. The molecule has 3 nitrogen and oxygen atoms in total. The monoisotopic (exact) mass is 459 g/mol. The van der Waals surface area contributed by atoms with Crippen molar-refractivity contribution in [3.63, 3.8) is 0 Å². The first-order valence-corrected chi connectivity index (χ1v) is 11.1. The maximum atomic E-state index is 5.35. The molecule has 6 rings (SSSR count). The second-order valence-corrected chi connectivity index (χ2v) is 8.08. The highest BCUT2D eigenvalue weighted by Crippen LogP contribution is 2.40. The topological polar surface area (TPSA) is 37.6 Å². The van der Waals surface area contributed by atoms with Crippen LogP contribution in [0.15, 0.2) is 137 Å². The van der Waals surface area contributed by atoms with Crippen molar-refractivity contribution in [2.45, 2.75) is 5.66 Å². The van der Waals surface area contributed by atoms with Crippen molar-refractivity contribution in [3.05, 3.63) is 150 Å². The molecule has 0 amide bonds. The van der Waals surface area contributed by atoms with Gasteiger partial charge in [0.2, 0.25) is 5.66 Å². The lowest BCUT2D eigenvalue weighted by Gasteiger charge is -2.23. The molecule has 0 saturated heterocycles. The van der Waals surface area contributed by atoms with Gasteiger partial charge in [0.1, 0.15) is 0 Å². The molecule has 164 valence electrons. The number of benzene rings is 4. The Bertz CT molecular complexity index is 1440. The van der Waals surface area contributed by atoms with Gasteiger partial charge in [0.05, 0.1) is 22.6 Å². The lowest BCUT2D eigenvalue weighted by Crippen LogP contribution is -2.22. The minimum Gasteiger partial charge on any atom is -0.248 e. The third-order valence-electron chi connectivity index (χ3n) is 6.00. The summed E-state index contributed by atoms with van der Waals surface area (Å²) in [7, 11) is 0. The average Bonchev–Trinajstić information content (AvgIpc) is 3.32. The molecule has 0 saturated carbocycles.